The van der Waals surface area contributed by atoms with Gasteiger partial charge in [-0.05, 0) is 64.6 Å². The molecule has 4 rings (SSSR count). The van der Waals surface area contributed by atoms with Gasteiger partial charge in [-0.3, -0.25) is 9.78 Å². The standard InChI is InChI=1S/C22H20IN3O3S2/c23-17-9-11-18(12-10-17)31(28,29)26-14-15-30-22(26)21(27)25-20(16-6-2-1-3-7-16)19-8-4-5-13-24-19/h1-13,20,22H,14-15H2,(H,25,27)/t20?,22-/m0/s1. The summed E-state index contributed by atoms with van der Waals surface area (Å²) in [5.41, 5.74) is 1.57. The topological polar surface area (TPSA) is 79.4 Å². The molecule has 0 radical (unpaired) electrons. The molecule has 1 amide bonds. The third-order valence-corrected chi connectivity index (χ3v) is 8.83. The van der Waals surface area contributed by atoms with Crippen molar-refractivity contribution in [3.8, 4) is 0 Å². The number of halogens is 1. The highest BCUT2D eigenvalue weighted by atomic mass is 127. The molecule has 1 aliphatic rings. The lowest BCUT2D eigenvalue weighted by molar-refractivity contribution is -0.122. The number of pyridine rings is 1. The van der Waals surface area contributed by atoms with Crippen LogP contribution < -0.4 is 5.32 Å². The van der Waals surface area contributed by atoms with Gasteiger partial charge >= 0.3 is 0 Å². The van der Waals surface area contributed by atoms with Gasteiger partial charge in [0.1, 0.15) is 5.37 Å². The Kier molecular flexibility index (Phi) is 6.95. The number of aromatic nitrogens is 1. The molecule has 1 aliphatic heterocycles. The van der Waals surface area contributed by atoms with E-state index in [-0.39, 0.29) is 17.3 Å². The molecule has 2 aromatic carbocycles. The van der Waals surface area contributed by atoms with E-state index in [0.717, 1.165) is 9.13 Å². The Bertz CT molecular complexity index is 1100. The fourth-order valence-electron chi connectivity index (χ4n) is 3.38. The normalized spacial score (nSPS) is 17.9. The largest absolute Gasteiger partial charge is 0.341 e. The number of benzene rings is 2. The summed E-state index contributed by atoms with van der Waals surface area (Å²) in [6, 6.07) is 21.2. The van der Waals surface area contributed by atoms with Crippen LogP contribution in [0, 0.1) is 3.57 Å². The van der Waals surface area contributed by atoms with Crippen molar-refractivity contribution in [1.29, 1.82) is 0 Å². The maximum atomic E-state index is 13.3. The molecular formula is C22H20IN3O3S2. The zero-order chi connectivity index (χ0) is 21.8. The van der Waals surface area contributed by atoms with Crippen LogP contribution in [0.3, 0.4) is 0 Å². The van der Waals surface area contributed by atoms with E-state index in [1.54, 1.807) is 30.5 Å². The fourth-order valence-corrected chi connectivity index (χ4v) is 6.83. The second kappa shape index (κ2) is 9.68. The van der Waals surface area contributed by atoms with Crippen LogP contribution in [0.2, 0.25) is 0 Å². The summed E-state index contributed by atoms with van der Waals surface area (Å²) in [6.45, 7) is 0.288. The fraction of sp³-hybridized carbons (Fsp3) is 0.182. The summed E-state index contributed by atoms with van der Waals surface area (Å²) < 4.78 is 28.6. The number of sulfonamides is 1. The minimum absolute atomic E-state index is 0.192. The van der Waals surface area contributed by atoms with Crippen LogP contribution in [0.25, 0.3) is 0 Å². The van der Waals surface area contributed by atoms with Crippen molar-refractivity contribution < 1.29 is 13.2 Å². The molecule has 6 nitrogen and oxygen atoms in total. The number of hydrogen-bond acceptors (Lipinski definition) is 5. The predicted octanol–water partition coefficient (Wildman–Crippen LogP) is 3.66. The Morgan fingerprint density at radius 3 is 2.45 bits per heavy atom. The molecule has 9 heteroatoms. The third kappa shape index (κ3) is 4.94. The zero-order valence-electron chi connectivity index (χ0n) is 16.4. The van der Waals surface area contributed by atoms with Crippen molar-refractivity contribution in [2.75, 3.05) is 12.3 Å². The van der Waals surface area contributed by atoms with Gasteiger partial charge in [0.25, 0.3) is 0 Å². The smallest absolute Gasteiger partial charge is 0.249 e. The van der Waals surface area contributed by atoms with Crippen molar-refractivity contribution in [2.24, 2.45) is 0 Å². The first-order valence-corrected chi connectivity index (χ1v) is 13.2. The molecule has 0 aliphatic carbocycles. The third-order valence-electron chi connectivity index (χ3n) is 4.90. The van der Waals surface area contributed by atoms with E-state index < -0.39 is 21.4 Å². The minimum atomic E-state index is -3.78. The quantitative estimate of drug-likeness (QED) is 0.462. The van der Waals surface area contributed by atoms with Crippen molar-refractivity contribution in [3.05, 3.63) is 93.8 Å². The van der Waals surface area contributed by atoms with E-state index in [0.29, 0.717) is 11.4 Å². The number of carbonyl (C=O) groups is 1. The molecule has 0 saturated carbocycles. The average Bonchev–Trinajstić information content (AvgIpc) is 3.30. The molecule has 1 saturated heterocycles. The minimum Gasteiger partial charge on any atom is -0.341 e. The van der Waals surface area contributed by atoms with Crippen molar-refractivity contribution in [3.63, 3.8) is 0 Å². The highest BCUT2D eigenvalue weighted by Crippen LogP contribution is 2.31. The molecule has 31 heavy (non-hydrogen) atoms. The lowest BCUT2D eigenvalue weighted by Gasteiger charge is -2.25. The van der Waals surface area contributed by atoms with E-state index in [1.807, 2.05) is 48.5 Å². The number of amides is 1. The Balaban J connectivity index is 1.60. The molecular weight excluding hydrogens is 545 g/mol. The van der Waals surface area contributed by atoms with Gasteiger partial charge in [-0.2, -0.15) is 4.31 Å². The summed E-state index contributed by atoms with van der Waals surface area (Å²) in [5, 5.41) is 2.19. The maximum Gasteiger partial charge on any atom is 0.249 e. The van der Waals surface area contributed by atoms with E-state index in [4.69, 9.17) is 0 Å². The first-order valence-electron chi connectivity index (χ1n) is 9.62. The van der Waals surface area contributed by atoms with E-state index in [1.165, 1.54) is 16.1 Å². The highest BCUT2D eigenvalue weighted by Gasteiger charge is 2.41. The van der Waals surface area contributed by atoms with Crippen molar-refractivity contribution in [1.82, 2.24) is 14.6 Å². The Morgan fingerprint density at radius 2 is 1.77 bits per heavy atom. The number of nitrogens with zero attached hydrogens (tertiary/aromatic N) is 2. The average molecular weight is 565 g/mol. The van der Waals surface area contributed by atoms with Gasteiger partial charge in [0.15, 0.2) is 0 Å². The molecule has 2 atom stereocenters. The van der Waals surface area contributed by atoms with Crippen LogP contribution in [0.5, 0.6) is 0 Å². The van der Waals surface area contributed by atoms with Gasteiger partial charge in [-0.1, -0.05) is 36.4 Å². The van der Waals surface area contributed by atoms with Gasteiger partial charge in [0, 0.05) is 22.1 Å². The molecule has 1 unspecified atom stereocenters. The highest BCUT2D eigenvalue weighted by molar-refractivity contribution is 14.1. The Morgan fingerprint density at radius 1 is 1.06 bits per heavy atom. The summed E-state index contributed by atoms with van der Waals surface area (Å²) in [7, 11) is -3.78. The number of rotatable bonds is 6. The lowest BCUT2D eigenvalue weighted by Crippen LogP contribution is -2.46. The predicted molar refractivity (Wildman–Crippen MR) is 130 cm³/mol. The maximum absolute atomic E-state index is 13.3. The van der Waals surface area contributed by atoms with Gasteiger partial charge < -0.3 is 5.32 Å². The van der Waals surface area contributed by atoms with E-state index >= 15 is 0 Å². The van der Waals surface area contributed by atoms with Crippen LogP contribution in [-0.4, -0.2) is 41.3 Å². The summed E-state index contributed by atoms with van der Waals surface area (Å²) in [4.78, 5) is 17.9. The number of hydrogen-bond donors (Lipinski definition) is 1. The molecule has 160 valence electrons. The summed E-state index contributed by atoms with van der Waals surface area (Å²) in [5.74, 6) is 0.206. The number of thioether (sulfide) groups is 1. The van der Waals surface area contributed by atoms with Crippen LogP contribution in [0.1, 0.15) is 17.3 Å². The Labute approximate surface area is 199 Å². The molecule has 1 aromatic heterocycles. The molecule has 1 N–H and O–H groups in total. The van der Waals surface area contributed by atoms with Gasteiger partial charge in [0.05, 0.1) is 16.6 Å². The van der Waals surface area contributed by atoms with Crippen molar-refractivity contribution >= 4 is 50.3 Å². The zero-order valence-corrected chi connectivity index (χ0v) is 20.2. The second-order valence-corrected chi connectivity index (χ2v) is 11.2. The van der Waals surface area contributed by atoms with Gasteiger partial charge in [-0.25, -0.2) is 8.42 Å². The Hall–Kier alpha value is -1.95. The molecule has 2 heterocycles. The molecule has 1 fully saturated rings. The summed E-state index contributed by atoms with van der Waals surface area (Å²) >= 11 is 3.46. The second-order valence-electron chi connectivity index (χ2n) is 6.90. The monoisotopic (exact) mass is 565 g/mol. The van der Waals surface area contributed by atoms with Gasteiger partial charge in [0.2, 0.25) is 15.9 Å². The van der Waals surface area contributed by atoms with E-state index in [2.05, 4.69) is 32.9 Å². The van der Waals surface area contributed by atoms with Crippen LogP contribution in [-0.2, 0) is 14.8 Å². The SMILES string of the molecule is O=C(NC(c1ccccc1)c1ccccn1)[C@@H]1SCCN1S(=O)(=O)c1ccc(I)cc1. The number of carbonyl (C=O) groups excluding carboxylic acids is 1. The first kappa shape index (κ1) is 22.3. The summed E-state index contributed by atoms with van der Waals surface area (Å²) in [6.07, 6.45) is 1.68. The lowest BCUT2D eigenvalue weighted by atomic mass is 10.0. The first-order chi connectivity index (χ1) is 15.0. The molecule has 0 bridgehead atoms. The van der Waals surface area contributed by atoms with Crippen LogP contribution >= 0.6 is 34.4 Å². The van der Waals surface area contributed by atoms with Crippen LogP contribution in [0.4, 0.5) is 0 Å². The number of nitrogens with one attached hydrogen (secondary N) is 1. The molecule has 3 aromatic rings. The molecule has 0 spiro atoms. The van der Waals surface area contributed by atoms with Crippen LogP contribution in [0.15, 0.2) is 83.9 Å². The van der Waals surface area contributed by atoms with Crippen molar-refractivity contribution in [2.45, 2.75) is 16.3 Å². The van der Waals surface area contributed by atoms with Gasteiger partial charge in [-0.15, -0.1) is 11.8 Å². The van der Waals surface area contributed by atoms with E-state index in [9.17, 15) is 13.2 Å².